The Morgan fingerprint density at radius 2 is 2.09 bits per heavy atom. The number of aryl methyl sites for hydroxylation is 1. The summed E-state index contributed by atoms with van der Waals surface area (Å²) in [5.41, 5.74) is 6.73. The third kappa shape index (κ3) is 1.89. The van der Waals surface area contributed by atoms with E-state index in [1.165, 1.54) is 0 Å². The topological polar surface area (TPSA) is 102 Å². The van der Waals surface area contributed by atoms with Gasteiger partial charge >= 0.3 is 0 Å². The number of nitrogens with zero attached hydrogens (tertiary/aromatic N) is 3. The van der Waals surface area contributed by atoms with Gasteiger partial charge in [0, 0.05) is 23.4 Å². The summed E-state index contributed by atoms with van der Waals surface area (Å²) in [6.07, 6.45) is 1.95. The first-order chi connectivity index (χ1) is 10.6. The van der Waals surface area contributed by atoms with Crippen LogP contribution in [0.2, 0.25) is 0 Å². The molecule has 3 rings (SSSR count). The summed E-state index contributed by atoms with van der Waals surface area (Å²) in [5, 5.41) is 14.0. The zero-order valence-electron chi connectivity index (χ0n) is 14.0. The molecular weight excluding hydrogens is 292 g/mol. The van der Waals surface area contributed by atoms with Crippen LogP contribution < -0.4 is 5.73 Å². The van der Waals surface area contributed by atoms with Gasteiger partial charge in [-0.1, -0.05) is 20.8 Å². The van der Waals surface area contributed by atoms with Crippen molar-refractivity contribution in [2.45, 2.75) is 45.4 Å². The third-order valence-electron chi connectivity index (χ3n) is 5.98. The molecular formula is C17H22N4O2. The summed E-state index contributed by atoms with van der Waals surface area (Å²) in [5.74, 6) is -0.977. The first kappa shape index (κ1) is 15.7. The monoisotopic (exact) mass is 314 g/mol. The fraction of sp³-hybridized carbons (Fsp3) is 0.647. The molecule has 2 aliphatic carbocycles. The van der Waals surface area contributed by atoms with Gasteiger partial charge in [-0.05, 0) is 25.2 Å². The van der Waals surface area contributed by atoms with Crippen LogP contribution >= 0.6 is 0 Å². The number of hydrogen-bond acceptors (Lipinski definition) is 4. The fourth-order valence-corrected chi connectivity index (χ4v) is 4.98. The van der Waals surface area contributed by atoms with E-state index in [1.54, 1.807) is 11.7 Å². The lowest BCUT2D eigenvalue weighted by atomic mass is 9.49. The number of ketones is 1. The molecule has 1 fully saturated rings. The molecule has 1 aromatic rings. The molecule has 0 aliphatic heterocycles. The normalized spacial score (nSPS) is 31.9. The van der Waals surface area contributed by atoms with E-state index in [9.17, 15) is 14.9 Å². The lowest BCUT2D eigenvalue weighted by Crippen LogP contribution is -2.55. The molecule has 0 aromatic carbocycles. The largest absolute Gasteiger partial charge is 0.364 e. The van der Waals surface area contributed by atoms with Crippen molar-refractivity contribution in [3.8, 4) is 6.07 Å². The van der Waals surface area contributed by atoms with Gasteiger partial charge in [0.05, 0.1) is 11.8 Å². The molecule has 122 valence electrons. The van der Waals surface area contributed by atoms with Gasteiger partial charge < -0.3 is 5.73 Å². The standard InChI is InChI=1S/C17H22N4O2/c1-16(2)11-6-5-10-12(15(19)23)21(4)20-13(10)17(11,3)7-9(8-18)14(16)22/h9,11H,5-7H2,1-4H3,(H2,19,23)/t9?,11-,17-/m0/s1. The summed E-state index contributed by atoms with van der Waals surface area (Å²) >= 11 is 0. The molecule has 1 heterocycles. The number of aromatic nitrogens is 2. The maximum absolute atomic E-state index is 12.6. The van der Waals surface area contributed by atoms with Crippen LogP contribution in [-0.2, 0) is 23.7 Å². The SMILES string of the molecule is Cn1nc2c(c1C(N)=O)CC[C@H]1C(C)(C)C(=O)C(C#N)C[C@]21C. The summed E-state index contributed by atoms with van der Waals surface area (Å²) in [4.78, 5) is 24.4. The smallest absolute Gasteiger partial charge is 0.267 e. The number of nitrogens with two attached hydrogens (primary N) is 1. The third-order valence-corrected chi connectivity index (χ3v) is 5.98. The molecule has 23 heavy (non-hydrogen) atoms. The summed E-state index contributed by atoms with van der Waals surface area (Å²) in [6.45, 7) is 5.95. The van der Waals surface area contributed by atoms with Crippen molar-refractivity contribution in [3.05, 3.63) is 17.0 Å². The van der Waals surface area contributed by atoms with Crippen molar-refractivity contribution in [2.24, 2.45) is 30.0 Å². The van der Waals surface area contributed by atoms with Gasteiger partial charge in [0.1, 0.15) is 11.6 Å². The van der Waals surface area contributed by atoms with Gasteiger partial charge in [-0.2, -0.15) is 10.4 Å². The van der Waals surface area contributed by atoms with Gasteiger partial charge in [-0.25, -0.2) is 0 Å². The second kappa shape index (κ2) is 4.67. The van der Waals surface area contributed by atoms with Crippen LogP contribution in [0.1, 0.15) is 55.4 Å². The Balaban J connectivity index is 2.21. The van der Waals surface area contributed by atoms with Crippen LogP contribution in [-0.4, -0.2) is 21.5 Å². The average molecular weight is 314 g/mol. The van der Waals surface area contributed by atoms with Crippen molar-refractivity contribution in [1.29, 1.82) is 5.26 Å². The number of amides is 1. The molecule has 1 unspecified atom stereocenters. The minimum Gasteiger partial charge on any atom is -0.364 e. The van der Waals surface area contributed by atoms with Crippen LogP contribution in [0.5, 0.6) is 0 Å². The molecule has 3 atom stereocenters. The van der Waals surface area contributed by atoms with Crippen molar-refractivity contribution >= 4 is 11.7 Å². The van der Waals surface area contributed by atoms with Crippen molar-refractivity contribution in [3.63, 3.8) is 0 Å². The Morgan fingerprint density at radius 1 is 1.43 bits per heavy atom. The lowest BCUT2D eigenvalue weighted by molar-refractivity contribution is -0.140. The van der Waals surface area contributed by atoms with Gasteiger partial charge in [0.2, 0.25) is 0 Å². The molecule has 1 amide bonds. The predicted molar refractivity (Wildman–Crippen MR) is 83.4 cm³/mol. The van der Waals surface area contributed by atoms with E-state index in [0.29, 0.717) is 18.5 Å². The van der Waals surface area contributed by atoms with Gasteiger partial charge in [0.15, 0.2) is 5.78 Å². The minimum atomic E-state index is -0.628. The average Bonchev–Trinajstić information content (AvgIpc) is 2.80. The molecule has 0 radical (unpaired) electrons. The Morgan fingerprint density at radius 3 is 2.65 bits per heavy atom. The van der Waals surface area contributed by atoms with Crippen LogP contribution in [0.4, 0.5) is 0 Å². The van der Waals surface area contributed by atoms with Crippen molar-refractivity contribution in [2.75, 3.05) is 0 Å². The Kier molecular flexibility index (Phi) is 3.19. The number of rotatable bonds is 1. The number of nitriles is 1. The van der Waals surface area contributed by atoms with Crippen LogP contribution in [0, 0.1) is 28.6 Å². The molecule has 0 bridgehead atoms. The minimum absolute atomic E-state index is 0.0250. The van der Waals surface area contributed by atoms with E-state index in [1.807, 2.05) is 13.8 Å². The number of primary amides is 1. The highest BCUT2D eigenvalue weighted by Crippen LogP contribution is 2.57. The van der Waals surface area contributed by atoms with E-state index in [2.05, 4.69) is 18.1 Å². The van der Waals surface area contributed by atoms with E-state index >= 15 is 0 Å². The highest BCUT2D eigenvalue weighted by atomic mass is 16.1. The second-order valence-electron chi connectivity index (χ2n) is 7.64. The fourth-order valence-electron chi connectivity index (χ4n) is 4.98. The maximum Gasteiger partial charge on any atom is 0.267 e. The van der Waals surface area contributed by atoms with Gasteiger partial charge in [-0.3, -0.25) is 14.3 Å². The summed E-state index contributed by atoms with van der Waals surface area (Å²) in [7, 11) is 1.72. The molecule has 2 N–H and O–H groups in total. The number of hydrogen-bond donors (Lipinski definition) is 1. The molecule has 1 aromatic heterocycles. The first-order valence-corrected chi connectivity index (χ1v) is 7.94. The lowest BCUT2D eigenvalue weighted by Gasteiger charge is -2.52. The van der Waals surface area contributed by atoms with Gasteiger partial charge in [0.25, 0.3) is 5.91 Å². The van der Waals surface area contributed by atoms with Gasteiger partial charge in [-0.15, -0.1) is 0 Å². The second-order valence-corrected chi connectivity index (χ2v) is 7.64. The van der Waals surface area contributed by atoms with E-state index in [0.717, 1.165) is 17.7 Å². The van der Waals surface area contributed by atoms with E-state index in [-0.39, 0.29) is 11.7 Å². The van der Waals surface area contributed by atoms with Crippen LogP contribution in [0.3, 0.4) is 0 Å². The van der Waals surface area contributed by atoms with Crippen LogP contribution in [0.25, 0.3) is 0 Å². The highest BCUT2D eigenvalue weighted by molar-refractivity contribution is 5.93. The summed E-state index contributed by atoms with van der Waals surface area (Å²) in [6, 6.07) is 2.17. The summed E-state index contributed by atoms with van der Waals surface area (Å²) < 4.78 is 1.55. The molecule has 0 spiro atoms. The number of carbonyl (C=O) groups is 2. The zero-order chi connectivity index (χ0) is 17.2. The highest BCUT2D eigenvalue weighted by Gasteiger charge is 2.58. The molecule has 2 aliphatic rings. The van der Waals surface area contributed by atoms with Crippen molar-refractivity contribution < 1.29 is 9.59 Å². The van der Waals surface area contributed by atoms with Crippen LogP contribution in [0.15, 0.2) is 0 Å². The molecule has 6 nitrogen and oxygen atoms in total. The quantitative estimate of drug-likeness (QED) is 0.848. The Bertz CT molecular complexity index is 755. The Hall–Kier alpha value is -2.16. The zero-order valence-corrected chi connectivity index (χ0v) is 14.0. The molecule has 0 saturated heterocycles. The number of carbonyl (C=O) groups excluding carboxylic acids is 2. The van der Waals surface area contributed by atoms with E-state index < -0.39 is 22.7 Å². The molecule has 1 saturated carbocycles. The van der Waals surface area contributed by atoms with E-state index in [4.69, 9.17) is 5.73 Å². The number of Topliss-reactive ketones (excluding diaryl/α,β-unsaturated/α-hetero) is 1. The molecule has 6 heteroatoms. The predicted octanol–water partition coefficient (Wildman–Crippen LogP) is 1.48. The number of fused-ring (bicyclic) bond motifs is 3. The van der Waals surface area contributed by atoms with Crippen molar-refractivity contribution in [1.82, 2.24) is 9.78 Å². The first-order valence-electron chi connectivity index (χ1n) is 7.94. The maximum atomic E-state index is 12.6. The Labute approximate surface area is 135 Å².